The first-order valence-electron chi connectivity index (χ1n) is 7.44. The van der Waals surface area contributed by atoms with E-state index in [1.807, 2.05) is 29.5 Å². The standard InChI is InChI=1S/C17H21Cl2NS/c1-3-5-15(20-10-4-2)17-9-8-16(21-17)12-6-7-13(18)14(19)11-12/h6-9,11,15,20H,3-5,10H2,1-2H3. The first-order chi connectivity index (χ1) is 10.2. The van der Waals surface area contributed by atoms with E-state index in [1.54, 1.807) is 0 Å². The molecule has 1 nitrogen and oxygen atoms in total. The molecule has 0 radical (unpaired) electrons. The lowest BCUT2D eigenvalue weighted by atomic mass is 10.1. The van der Waals surface area contributed by atoms with Gasteiger partial charge in [-0.1, -0.05) is 49.5 Å². The number of nitrogens with one attached hydrogen (secondary N) is 1. The number of benzene rings is 1. The van der Waals surface area contributed by atoms with E-state index >= 15 is 0 Å². The van der Waals surface area contributed by atoms with Gasteiger partial charge in [0.2, 0.25) is 0 Å². The van der Waals surface area contributed by atoms with Gasteiger partial charge >= 0.3 is 0 Å². The zero-order valence-corrected chi connectivity index (χ0v) is 14.8. The molecule has 1 heterocycles. The van der Waals surface area contributed by atoms with E-state index in [2.05, 4.69) is 31.3 Å². The summed E-state index contributed by atoms with van der Waals surface area (Å²) in [6.07, 6.45) is 3.51. The first-order valence-corrected chi connectivity index (χ1v) is 9.01. The molecule has 0 saturated carbocycles. The first kappa shape index (κ1) is 16.8. The number of thiophene rings is 1. The Hall–Kier alpha value is -0.540. The van der Waals surface area contributed by atoms with Crippen molar-refractivity contribution in [3.63, 3.8) is 0 Å². The normalized spacial score (nSPS) is 12.6. The highest BCUT2D eigenvalue weighted by Crippen LogP contribution is 2.35. The van der Waals surface area contributed by atoms with Crippen LogP contribution in [-0.4, -0.2) is 6.54 Å². The van der Waals surface area contributed by atoms with Crippen LogP contribution in [0.15, 0.2) is 30.3 Å². The van der Waals surface area contributed by atoms with Gasteiger partial charge in [0.15, 0.2) is 0 Å². The second-order valence-corrected chi connectivity index (χ2v) is 7.06. The quantitative estimate of drug-likeness (QED) is 0.600. The van der Waals surface area contributed by atoms with Crippen LogP contribution < -0.4 is 5.32 Å². The van der Waals surface area contributed by atoms with E-state index in [1.165, 1.54) is 22.6 Å². The van der Waals surface area contributed by atoms with Crippen LogP contribution in [0.5, 0.6) is 0 Å². The second-order valence-electron chi connectivity index (χ2n) is 5.13. The third-order valence-corrected chi connectivity index (χ3v) is 5.38. The molecule has 1 aromatic heterocycles. The van der Waals surface area contributed by atoms with Crippen molar-refractivity contribution < 1.29 is 0 Å². The molecule has 114 valence electrons. The summed E-state index contributed by atoms with van der Waals surface area (Å²) in [5.41, 5.74) is 1.13. The minimum absolute atomic E-state index is 0.455. The van der Waals surface area contributed by atoms with Gasteiger partial charge in [0.05, 0.1) is 10.0 Å². The predicted molar refractivity (Wildman–Crippen MR) is 95.7 cm³/mol. The Labute approximate surface area is 141 Å². The lowest BCUT2D eigenvalue weighted by molar-refractivity contribution is 0.501. The molecule has 0 aliphatic carbocycles. The van der Waals surface area contributed by atoms with Gasteiger partial charge in [-0.05, 0) is 49.2 Å². The molecule has 0 fully saturated rings. The third kappa shape index (κ3) is 4.46. The third-order valence-electron chi connectivity index (χ3n) is 3.39. The van der Waals surface area contributed by atoms with E-state index < -0.39 is 0 Å². The van der Waals surface area contributed by atoms with Crippen molar-refractivity contribution in [2.75, 3.05) is 6.54 Å². The Bertz CT molecular complexity index is 580. The molecule has 0 saturated heterocycles. The summed E-state index contributed by atoms with van der Waals surface area (Å²) in [6, 6.07) is 10.7. The van der Waals surface area contributed by atoms with Gasteiger partial charge in [-0.3, -0.25) is 0 Å². The van der Waals surface area contributed by atoms with Crippen molar-refractivity contribution >= 4 is 34.5 Å². The molecule has 0 aliphatic rings. The summed E-state index contributed by atoms with van der Waals surface area (Å²) in [4.78, 5) is 2.63. The molecule has 0 aliphatic heterocycles. The van der Waals surface area contributed by atoms with Gasteiger partial charge in [-0.2, -0.15) is 0 Å². The summed E-state index contributed by atoms with van der Waals surface area (Å²) in [7, 11) is 0. The Morgan fingerprint density at radius 3 is 2.52 bits per heavy atom. The van der Waals surface area contributed by atoms with E-state index in [9.17, 15) is 0 Å². The Kier molecular flexibility index (Phi) is 6.56. The number of hydrogen-bond donors (Lipinski definition) is 1. The van der Waals surface area contributed by atoms with Crippen molar-refractivity contribution in [2.24, 2.45) is 0 Å². The largest absolute Gasteiger partial charge is 0.309 e. The van der Waals surface area contributed by atoms with Crippen LogP contribution in [0.1, 0.15) is 44.0 Å². The number of hydrogen-bond acceptors (Lipinski definition) is 2. The van der Waals surface area contributed by atoms with E-state index in [0.29, 0.717) is 16.1 Å². The smallest absolute Gasteiger partial charge is 0.0598 e. The average molecular weight is 342 g/mol. The van der Waals surface area contributed by atoms with Crippen molar-refractivity contribution in [2.45, 2.75) is 39.2 Å². The zero-order chi connectivity index (χ0) is 15.2. The summed E-state index contributed by atoms with van der Waals surface area (Å²) < 4.78 is 0. The molecule has 0 amide bonds. The van der Waals surface area contributed by atoms with Crippen LogP contribution in [0.3, 0.4) is 0 Å². The predicted octanol–water partition coefficient (Wildman–Crippen LogP) is 6.56. The van der Waals surface area contributed by atoms with E-state index in [4.69, 9.17) is 23.2 Å². The molecule has 21 heavy (non-hydrogen) atoms. The summed E-state index contributed by atoms with van der Waals surface area (Å²) in [5.74, 6) is 0. The van der Waals surface area contributed by atoms with Crippen molar-refractivity contribution in [3.8, 4) is 10.4 Å². The van der Waals surface area contributed by atoms with Gasteiger partial charge in [-0.25, -0.2) is 0 Å². The van der Waals surface area contributed by atoms with Crippen LogP contribution >= 0.6 is 34.5 Å². The fraction of sp³-hybridized carbons (Fsp3) is 0.412. The highest BCUT2D eigenvalue weighted by molar-refractivity contribution is 7.15. The second kappa shape index (κ2) is 8.19. The highest BCUT2D eigenvalue weighted by atomic mass is 35.5. The Morgan fingerprint density at radius 1 is 1.05 bits per heavy atom. The minimum atomic E-state index is 0.455. The van der Waals surface area contributed by atoms with Gasteiger partial charge in [0.25, 0.3) is 0 Å². The maximum absolute atomic E-state index is 6.11. The van der Waals surface area contributed by atoms with E-state index in [0.717, 1.165) is 18.5 Å². The number of halogens is 2. The Morgan fingerprint density at radius 2 is 1.86 bits per heavy atom. The monoisotopic (exact) mass is 341 g/mol. The number of rotatable bonds is 7. The molecule has 0 bridgehead atoms. The topological polar surface area (TPSA) is 12.0 Å². The Balaban J connectivity index is 2.20. The van der Waals surface area contributed by atoms with Gasteiger partial charge in [-0.15, -0.1) is 11.3 Å². The van der Waals surface area contributed by atoms with Crippen molar-refractivity contribution in [3.05, 3.63) is 45.3 Å². The van der Waals surface area contributed by atoms with Crippen molar-refractivity contribution in [1.29, 1.82) is 0 Å². The van der Waals surface area contributed by atoms with Gasteiger partial charge in [0, 0.05) is 15.8 Å². The zero-order valence-electron chi connectivity index (χ0n) is 12.5. The van der Waals surface area contributed by atoms with Crippen molar-refractivity contribution in [1.82, 2.24) is 5.32 Å². The highest BCUT2D eigenvalue weighted by Gasteiger charge is 2.13. The summed E-state index contributed by atoms with van der Waals surface area (Å²) in [6.45, 7) is 5.49. The van der Waals surface area contributed by atoms with Gasteiger partial charge < -0.3 is 5.32 Å². The summed E-state index contributed by atoms with van der Waals surface area (Å²) >= 11 is 13.9. The minimum Gasteiger partial charge on any atom is -0.309 e. The van der Waals surface area contributed by atoms with Gasteiger partial charge in [0.1, 0.15) is 0 Å². The van der Waals surface area contributed by atoms with Crippen LogP contribution in [0, 0.1) is 0 Å². The molecular weight excluding hydrogens is 321 g/mol. The fourth-order valence-electron chi connectivity index (χ4n) is 2.30. The molecule has 1 atom stereocenters. The lowest BCUT2D eigenvalue weighted by Gasteiger charge is -2.16. The van der Waals surface area contributed by atoms with Crippen LogP contribution in [0.2, 0.25) is 10.0 Å². The molecule has 2 aromatic rings. The van der Waals surface area contributed by atoms with E-state index in [-0.39, 0.29) is 0 Å². The molecular formula is C17H21Cl2NS. The fourth-order valence-corrected chi connectivity index (χ4v) is 3.71. The van der Waals surface area contributed by atoms with Crippen LogP contribution in [-0.2, 0) is 0 Å². The maximum atomic E-state index is 6.11. The van der Waals surface area contributed by atoms with Crippen LogP contribution in [0.25, 0.3) is 10.4 Å². The molecule has 1 aromatic carbocycles. The molecule has 4 heteroatoms. The molecule has 1 N–H and O–H groups in total. The molecule has 0 spiro atoms. The summed E-state index contributed by atoms with van der Waals surface area (Å²) in [5, 5.41) is 4.85. The average Bonchev–Trinajstić information content (AvgIpc) is 2.96. The molecule has 2 rings (SSSR count). The SMILES string of the molecule is CCCNC(CCC)c1ccc(-c2ccc(Cl)c(Cl)c2)s1. The molecule has 1 unspecified atom stereocenters. The van der Waals surface area contributed by atoms with Crippen LogP contribution in [0.4, 0.5) is 0 Å². The maximum Gasteiger partial charge on any atom is 0.0598 e. The lowest BCUT2D eigenvalue weighted by Crippen LogP contribution is -2.21.